The number of carbonyl (C=O) groups is 1. The van der Waals surface area contributed by atoms with Crippen LogP contribution in [-0.2, 0) is 0 Å². The van der Waals surface area contributed by atoms with Gasteiger partial charge in [-0.25, -0.2) is 19.7 Å². The lowest BCUT2D eigenvalue weighted by Crippen LogP contribution is -2.43. The second-order valence-electron chi connectivity index (χ2n) is 10.9. The van der Waals surface area contributed by atoms with Gasteiger partial charge in [0.25, 0.3) is 0 Å². The molecule has 6 nitrogen and oxygen atoms in total. The van der Waals surface area contributed by atoms with Crippen molar-refractivity contribution in [3.05, 3.63) is 17.8 Å². The Hall–Kier alpha value is -2.11. The van der Waals surface area contributed by atoms with Gasteiger partial charge in [0.2, 0.25) is 0 Å². The van der Waals surface area contributed by atoms with E-state index in [1.54, 1.807) is 0 Å². The molecule has 1 aliphatic carbocycles. The summed E-state index contributed by atoms with van der Waals surface area (Å²) in [6.07, 6.45) is 8.62. The average Bonchev–Trinajstić information content (AvgIpc) is 3.47. The summed E-state index contributed by atoms with van der Waals surface area (Å²) in [6.45, 7) is 14.6. The number of pyridine rings is 1. The zero-order valence-corrected chi connectivity index (χ0v) is 24.0. The molecule has 0 radical (unpaired) electrons. The van der Waals surface area contributed by atoms with Gasteiger partial charge in [0.05, 0.1) is 11.4 Å². The fourth-order valence-corrected chi connectivity index (χ4v) is 12.0. The number of aromatic nitrogens is 3. The molecule has 2 aromatic rings. The second-order valence-corrected chi connectivity index (χ2v) is 17.3. The minimum atomic E-state index is -1.93. The fourth-order valence-electron chi connectivity index (χ4n) is 6.43. The molecule has 8 heteroatoms. The van der Waals surface area contributed by atoms with Crippen molar-refractivity contribution in [2.75, 3.05) is 17.7 Å². The van der Waals surface area contributed by atoms with Gasteiger partial charge in [-0.2, -0.15) is 0 Å². The van der Waals surface area contributed by atoms with E-state index in [2.05, 4.69) is 63.3 Å². The first-order valence-electron chi connectivity index (χ1n) is 13.0. The van der Waals surface area contributed by atoms with Gasteiger partial charge in [0.15, 0.2) is 10.8 Å². The molecule has 2 aromatic heterocycles. The van der Waals surface area contributed by atoms with Crippen LogP contribution in [0.1, 0.15) is 72.8 Å². The van der Waals surface area contributed by atoms with Crippen LogP contribution in [0.4, 0.5) is 10.6 Å². The average molecular weight is 510 g/mol. The summed E-state index contributed by atoms with van der Waals surface area (Å²) in [5.41, 5.74) is 6.95. The predicted molar refractivity (Wildman–Crippen MR) is 149 cm³/mol. The number of nitrogens with zero attached hydrogens (tertiary/aromatic N) is 4. The molecular formula is C27H39N5OSSi. The molecule has 0 aromatic carbocycles. The lowest BCUT2D eigenvalue weighted by Gasteiger charge is -2.38. The molecule has 1 saturated carbocycles. The Morgan fingerprint density at radius 1 is 1.09 bits per heavy atom. The summed E-state index contributed by atoms with van der Waals surface area (Å²) >= 11 is 1.49. The maximum atomic E-state index is 13.0. The fraction of sp³-hybridized carbons (Fsp3) is 0.630. The van der Waals surface area contributed by atoms with Crippen molar-refractivity contribution in [3.8, 4) is 11.5 Å². The lowest BCUT2D eigenvalue weighted by atomic mass is 9.97. The van der Waals surface area contributed by atoms with Gasteiger partial charge < -0.3 is 5.32 Å². The minimum Gasteiger partial charge on any atom is -0.336 e. The Labute approximate surface area is 215 Å². The SMILES string of the molecule is CSc1ncc2c(C#C[Si](C(C)C)(C(C)C)C(C)C)cc(N3C(=O)NCC3C3CCCC3)nc2n1. The van der Waals surface area contributed by atoms with E-state index in [0.717, 1.165) is 10.9 Å². The topological polar surface area (TPSA) is 71.0 Å². The molecule has 0 bridgehead atoms. The first-order valence-corrected chi connectivity index (χ1v) is 16.5. The second kappa shape index (κ2) is 10.5. The summed E-state index contributed by atoms with van der Waals surface area (Å²) in [6, 6.07) is 2.07. The highest BCUT2D eigenvalue weighted by Gasteiger charge is 2.42. The molecule has 1 saturated heterocycles. The number of thioether (sulfide) groups is 1. The van der Waals surface area contributed by atoms with Gasteiger partial charge in [-0.3, -0.25) is 4.90 Å². The first-order chi connectivity index (χ1) is 16.7. The van der Waals surface area contributed by atoms with E-state index in [-0.39, 0.29) is 12.1 Å². The van der Waals surface area contributed by atoms with E-state index in [9.17, 15) is 4.79 Å². The van der Waals surface area contributed by atoms with Gasteiger partial charge in [-0.15, -0.1) is 5.54 Å². The van der Waals surface area contributed by atoms with E-state index in [1.807, 2.05) is 23.4 Å². The maximum absolute atomic E-state index is 13.0. The maximum Gasteiger partial charge on any atom is 0.323 e. The van der Waals surface area contributed by atoms with Crippen molar-refractivity contribution in [1.82, 2.24) is 20.3 Å². The van der Waals surface area contributed by atoms with Gasteiger partial charge in [0, 0.05) is 18.3 Å². The van der Waals surface area contributed by atoms with Crippen LogP contribution in [0.5, 0.6) is 0 Å². The molecule has 1 aliphatic heterocycles. The smallest absolute Gasteiger partial charge is 0.323 e. The van der Waals surface area contributed by atoms with Gasteiger partial charge >= 0.3 is 6.03 Å². The zero-order chi connectivity index (χ0) is 25.3. The largest absolute Gasteiger partial charge is 0.336 e. The Morgan fingerprint density at radius 3 is 2.34 bits per heavy atom. The highest BCUT2D eigenvalue weighted by molar-refractivity contribution is 7.98. The number of carbonyl (C=O) groups excluding carboxylic acids is 1. The van der Waals surface area contributed by atoms with Crippen LogP contribution in [-0.4, -0.2) is 47.9 Å². The van der Waals surface area contributed by atoms with E-state index >= 15 is 0 Å². The molecule has 188 valence electrons. The van der Waals surface area contributed by atoms with Crippen molar-refractivity contribution in [2.45, 2.75) is 95.0 Å². The summed E-state index contributed by atoms with van der Waals surface area (Å²) in [4.78, 5) is 29.0. The summed E-state index contributed by atoms with van der Waals surface area (Å²) in [5.74, 6) is 4.77. The van der Waals surface area contributed by atoms with E-state index in [1.165, 1.54) is 37.4 Å². The molecule has 2 aliphatic rings. The zero-order valence-electron chi connectivity index (χ0n) is 22.2. The standard InChI is InChI=1S/C27H39N5OSSi/c1-17(2)35(18(3)4,19(5)6)13-12-21-14-24(30-25-22(21)15-28-26(31-25)34-7)32-23(16-29-27(32)33)20-10-8-9-11-20/h14-15,17-20,23H,8-11,16H2,1-7H3,(H,29,33). The molecule has 35 heavy (non-hydrogen) atoms. The van der Waals surface area contributed by atoms with Crippen LogP contribution in [0.25, 0.3) is 11.0 Å². The van der Waals surface area contributed by atoms with Crippen molar-refractivity contribution >= 4 is 42.7 Å². The number of hydrogen-bond acceptors (Lipinski definition) is 5. The Kier molecular flexibility index (Phi) is 7.77. The Bertz CT molecular complexity index is 1130. The van der Waals surface area contributed by atoms with Gasteiger partial charge in [-0.05, 0) is 47.7 Å². The number of nitrogens with one attached hydrogen (secondary N) is 1. The van der Waals surface area contributed by atoms with Crippen LogP contribution in [0.2, 0.25) is 16.6 Å². The van der Waals surface area contributed by atoms with Crippen LogP contribution >= 0.6 is 11.8 Å². The number of amides is 2. The number of urea groups is 1. The first kappa shape index (κ1) is 26.0. The van der Waals surface area contributed by atoms with E-state index in [0.29, 0.717) is 45.7 Å². The molecule has 1 atom stereocenters. The molecular weight excluding hydrogens is 470 g/mol. The molecule has 1 unspecified atom stereocenters. The molecule has 3 heterocycles. The molecule has 2 amide bonds. The van der Waals surface area contributed by atoms with Crippen molar-refractivity contribution < 1.29 is 4.79 Å². The van der Waals surface area contributed by atoms with Gasteiger partial charge in [0.1, 0.15) is 13.9 Å². The third kappa shape index (κ3) is 4.82. The Balaban J connectivity index is 1.88. The van der Waals surface area contributed by atoms with Crippen molar-refractivity contribution in [3.63, 3.8) is 0 Å². The van der Waals surface area contributed by atoms with Crippen LogP contribution in [0.15, 0.2) is 17.4 Å². The number of anilines is 1. The summed E-state index contributed by atoms with van der Waals surface area (Å²) < 4.78 is 0. The number of hydrogen-bond donors (Lipinski definition) is 1. The summed E-state index contributed by atoms with van der Waals surface area (Å²) in [5, 5.41) is 4.60. The predicted octanol–water partition coefficient (Wildman–Crippen LogP) is 6.40. The highest BCUT2D eigenvalue weighted by Crippen LogP contribution is 2.41. The monoisotopic (exact) mass is 509 g/mol. The van der Waals surface area contributed by atoms with E-state index in [4.69, 9.17) is 9.97 Å². The third-order valence-electron chi connectivity index (χ3n) is 8.20. The number of rotatable bonds is 6. The van der Waals surface area contributed by atoms with E-state index < -0.39 is 8.07 Å². The lowest BCUT2D eigenvalue weighted by molar-refractivity contribution is 0.251. The quantitative estimate of drug-likeness (QED) is 0.211. The van der Waals surface area contributed by atoms with Crippen LogP contribution in [0, 0.1) is 17.4 Å². The molecule has 0 spiro atoms. The van der Waals surface area contributed by atoms with Crippen LogP contribution < -0.4 is 10.2 Å². The summed E-state index contributed by atoms with van der Waals surface area (Å²) in [7, 11) is -1.93. The Morgan fingerprint density at radius 2 is 1.74 bits per heavy atom. The minimum absolute atomic E-state index is 0.0675. The van der Waals surface area contributed by atoms with Crippen molar-refractivity contribution in [1.29, 1.82) is 0 Å². The highest BCUT2D eigenvalue weighted by atomic mass is 32.2. The number of fused-ring (bicyclic) bond motifs is 1. The van der Waals surface area contributed by atoms with Crippen LogP contribution in [0.3, 0.4) is 0 Å². The van der Waals surface area contributed by atoms with Crippen molar-refractivity contribution in [2.24, 2.45) is 5.92 Å². The molecule has 2 fully saturated rings. The molecule has 1 N–H and O–H groups in total. The normalized spacial score (nSPS) is 19.2. The molecule has 4 rings (SSSR count). The third-order valence-corrected chi connectivity index (χ3v) is 15.0. The van der Waals surface area contributed by atoms with Gasteiger partial charge in [-0.1, -0.05) is 72.1 Å².